The van der Waals surface area contributed by atoms with Crippen molar-refractivity contribution in [3.05, 3.63) is 0 Å². The van der Waals surface area contributed by atoms with E-state index in [9.17, 15) is 14.4 Å². The van der Waals surface area contributed by atoms with Crippen LogP contribution >= 0.6 is 0 Å². The van der Waals surface area contributed by atoms with Crippen molar-refractivity contribution in [2.45, 2.75) is 105 Å². The SMILES string of the molecule is CC.CC(=O)OC(C)CNC(=O)OC(C)(C)C.CC1CCC1.O=CNC1CC1. The van der Waals surface area contributed by atoms with Gasteiger partial charge in [-0.15, -0.1) is 0 Å². The molecule has 0 aromatic rings. The zero-order valence-electron chi connectivity index (χ0n) is 19.1. The van der Waals surface area contributed by atoms with Gasteiger partial charge in [-0.3, -0.25) is 9.59 Å². The highest BCUT2D eigenvalue weighted by Gasteiger charge is 2.19. The van der Waals surface area contributed by atoms with Crippen LogP contribution < -0.4 is 10.6 Å². The lowest BCUT2D eigenvalue weighted by Gasteiger charge is -2.20. The molecule has 0 aliphatic heterocycles. The molecule has 0 bridgehead atoms. The molecule has 1 atom stereocenters. The zero-order valence-corrected chi connectivity index (χ0v) is 19.1. The summed E-state index contributed by atoms with van der Waals surface area (Å²) in [4.78, 5) is 31.3. The van der Waals surface area contributed by atoms with Gasteiger partial charge in [-0.2, -0.15) is 0 Å². The van der Waals surface area contributed by atoms with Crippen LogP contribution in [-0.2, 0) is 19.1 Å². The lowest BCUT2D eigenvalue weighted by molar-refractivity contribution is -0.145. The lowest BCUT2D eigenvalue weighted by Crippen LogP contribution is -2.37. The summed E-state index contributed by atoms with van der Waals surface area (Å²) < 4.78 is 9.82. The summed E-state index contributed by atoms with van der Waals surface area (Å²) in [5.41, 5.74) is -0.519. The maximum absolute atomic E-state index is 11.2. The highest BCUT2D eigenvalue weighted by Crippen LogP contribution is 2.24. The normalized spacial score (nSPS) is 16.0. The van der Waals surface area contributed by atoms with E-state index in [0.717, 1.165) is 12.3 Å². The molecule has 2 aliphatic rings. The fraction of sp³-hybridized carbons (Fsp3) is 0.857. The van der Waals surface area contributed by atoms with Crippen molar-refractivity contribution in [1.82, 2.24) is 10.6 Å². The zero-order chi connectivity index (χ0) is 22.2. The Morgan fingerprint density at radius 3 is 1.89 bits per heavy atom. The van der Waals surface area contributed by atoms with Crippen molar-refractivity contribution >= 4 is 18.5 Å². The Balaban J connectivity index is 0. The van der Waals surface area contributed by atoms with Gasteiger partial charge in [-0.25, -0.2) is 4.79 Å². The third kappa shape index (κ3) is 22.3. The van der Waals surface area contributed by atoms with E-state index in [1.54, 1.807) is 27.7 Å². The summed E-state index contributed by atoms with van der Waals surface area (Å²) in [6.45, 7) is 14.9. The minimum atomic E-state index is -0.519. The van der Waals surface area contributed by atoms with E-state index >= 15 is 0 Å². The maximum Gasteiger partial charge on any atom is 0.407 e. The van der Waals surface area contributed by atoms with E-state index in [0.29, 0.717) is 6.04 Å². The van der Waals surface area contributed by atoms with Crippen molar-refractivity contribution < 1.29 is 23.9 Å². The van der Waals surface area contributed by atoms with Crippen LogP contribution in [0.1, 0.15) is 87.5 Å². The van der Waals surface area contributed by atoms with Crippen LogP contribution in [0.25, 0.3) is 0 Å². The van der Waals surface area contributed by atoms with Crippen molar-refractivity contribution in [3.63, 3.8) is 0 Å². The van der Waals surface area contributed by atoms with E-state index < -0.39 is 11.7 Å². The number of nitrogens with one attached hydrogen (secondary N) is 2. The molecule has 7 heteroatoms. The number of hydrogen-bond donors (Lipinski definition) is 2. The smallest absolute Gasteiger partial charge is 0.407 e. The van der Waals surface area contributed by atoms with E-state index in [2.05, 4.69) is 17.6 Å². The Hall–Kier alpha value is -1.79. The summed E-state index contributed by atoms with van der Waals surface area (Å²) in [6.07, 6.45) is 6.72. The second-order valence-corrected chi connectivity index (χ2v) is 7.90. The molecule has 0 spiro atoms. The molecule has 0 radical (unpaired) electrons. The Bertz CT molecular complexity index is 427. The molecule has 0 saturated heterocycles. The molecule has 2 rings (SSSR count). The molecule has 0 heterocycles. The van der Waals surface area contributed by atoms with Gasteiger partial charge in [0.15, 0.2) is 0 Å². The van der Waals surface area contributed by atoms with Crippen LogP contribution in [0.15, 0.2) is 0 Å². The molecule has 2 saturated carbocycles. The van der Waals surface area contributed by atoms with Gasteiger partial charge in [0, 0.05) is 13.0 Å². The number of alkyl carbamates (subject to hydrolysis) is 1. The van der Waals surface area contributed by atoms with Crippen LogP contribution in [0.5, 0.6) is 0 Å². The molecule has 2 aliphatic carbocycles. The predicted molar refractivity (Wildman–Crippen MR) is 112 cm³/mol. The predicted octanol–water partition coefficient (Wildman–Crippen LogP) is 4.19. The number of carbonyl (C=O) groups is 3. The standard InChI is InChI=1S/C10H19NO4.C5H10.C4H7NO.C2H6/c1-7(14-8(2)12)6-11-9(13)15-10(3,4)5;1-5-3-2-4-5;6-3-5-4-1-2-4;1-2/h7H,6H2,1-5H3,(H,11,13);5H,2-4H2,1H3;3-4H,1-2H2,(H,5,6);1-2H3. The Morgan fingerprint density at radius 2 is 1.64 bits per heavy atom. The first-order valence-corrected chi connectivity index (χ1v) is 10.4. The Morgan fingerprint density at radius 1 is 1.14 bits per heavy atom. The number of esters is 1. The third-order valence-electron chi connectivity index (χ3n) is 3.57. The van der Waals surface area contributed by atoms with Gasteiger partial charge in [-0.05, 0) is 46.5 Å². The Kier molecular flexibility index (Phi) is 16.4. The van der Waals surface area contributed by atoms with Crippen LogP contribution in [0.3, 0.4) is 0 Å². The average molecular weight is 403 g/mol. The van der Waals surface area contributed by atoms with Gasteiger partial charge in [0.25, 0.3) is 0 Å². The molecular formula is C21H42N2O5. The molecule has 2 amide bonds. The van der Waals surface area contributed by atoms with Crippen molar-refractivity contribution in [2.24, 2.45) is 5.92 Å². The molecule has 0 aromatic heterocycles. The minimum absolute atomic E-state index is 0.245. The van der Waals surface area contributed by atoms with E-state index in [1.807, 2.05) is 13.8 Å². The van der Waals surface area contributed by atoms with Gasteiger partial charge in [0.05, 0.1) is 6.54 Å². The molecule has 1 unspecified atom stereocenters. The van der Waals surface area contributed by atoms with Crippen molar-refractivity contribution in [2.75, 3.05) is 6.54 Å². The first-order valence-electron chi connectivity index (χ1n) is 10.4. The average Bonchev–Trinajstić information content (AvgIpc) is 3.36. The van der Waals surface area contributed by atoms with Crippen LogP contribution in [0.4, 0.5) is 4.79 Å². The van der Waals surface area contributed by atoms with E-state index in [-0.39, 0.29) is 18.6 Å². The lowest BCUT2D eigenvalue weighted by atomic mass is 9.88. The van der Waals surface area contributed by atoms with Gasteiger partial charge in [0.1, 0.15) is 11.7 Å². The second-order valence-electron chi connectivity index (χ2n) is 7.90. The quantitative estimate of drug-likeness (QED) is 0.531. The number of carbonyl (C=O) groups excluding carboxylic acids is 3. The fourth-order valence-electron chi connectivity index (χ4n) is 1.82. The number of rotatable bonds is 5. The molecule has 0 aromatic carbocycles. The molecule has 2 fully saturated rings. The fourth-order valence-corrected chi connectivity index (χ4v) is 1.82. The first kappa shape index (κ1) is 28.4. The largest absolute Gasteiger partial charge is 0.461 e. The molecule has 166 valence electrons. The van der Waals surface area contributed by atoms with Crippen LogP contribution in [0, 0.1) is 5.92 Å². The van der Waals surface area contributed by atoms with Crippen molar-refractivity contribution in [1.29, 1.82) is 0 Å². The monoisotopic (exact) mass is 402 g/mol. The Labute approximate surface area is 171 Å². The molecule has 7 nitrogen and oxygen atoms in total. The number of amides is 2. The number of ether oxygens (including phenoxy) is 2. The van der Waals surface area contributed by atoms with E-state index in [1.165, 1.54) is 39.0 Å². The van der Waals surface area contributed by atoms with Crippen LogP contribution in [-0.4, -0.2) is 42.8 Å². The maximum atomic E-state index is 11.2. The van der Waals surface area contributed by atoms with Gasteiger partial charge >= 0.3 is 12.1 Å². The summed E-state index contributed by atoms with van der Waals surface area (Å²) >= 11 is 0. The third-order valence-corrected chi connectivity index (χ3v) is 3.57. The topological polar surface area (TPSA) is 93.7 Å². The minimum Gasteiger partial charge on any atom is -0.461 e. The summed E-state index contributed by atoms with van der Waals surface area (Å²) in [6, 6.07) is 0.530. The van der Waals surface area contributed by atoms with Gasteiger partial charge < -0.3 is 20.1 Å². The van der Waals surface area contributed by atoms with Crippen LogP contribution in [0.2, 0.25) is 0 Å². The molecular weight excluding hydrogens is 360 g/mol. The highest BCUT2D eigenvalue weighted by molar-refractivity contribution is 5.68. The number of hydrogen-bond acceptors (Lipinski definition) is 5. The van der Waals surface area contributed by atoms with E-state index in [4.69, 9.17) is 9.47 Å². The van der Waals surface area contributed by atoms with Gasteiger partial charge in [0.2, 0.25) is 6.41 Å². The summed E-state index contributed by atoms with van der Waals surface area (Å²) in [7, 11) is 0. The van der Waals surface area contributed by atoms with Crippen molar-refractivity contribution in [3.8, 4) is 0 Å². The van der Waals surface area contributed by atoms with Gasteiger partial charge in [-0.1, -0.05) is 40.0 Å². The first-order chi connectivity index (χ1) is 13.0. The second kappa shape index (κ2) is 16.2. The summed E-state index contributed by atoms with van der Waals surface area (Å²) in [5.74, 6) is 0.698. The highest BCUT2D eigenvalue weighted by atomic mass is 16.6. The molecule has 28 heavy (non-hydrogen) atoms. The molecule has 2 N–H and O–H groups in total. The summed E-state index contributed by atoms with van der Waals surface area (Å²) in [5, 5.41) is 5.14.